The van der Waals surface area contributed by atoms with Crippen molar-refractivity contribution in [3.63, 3.8) is 0 Å². The number of amides is 1. The molecule has 4 heterocycles. The van der Waals surface area contributed by atoms with Crippen LogP contribution >= 0.6 is 11.6 Å². The molecule has 32 heavy (non-hydrogen) atoms. The summed E-state index contributed by atoms with van der Waals surface area (Å²) in [7, 11) is 0. The highest BCUT2D eigenvalue weighted by atomic mass is 35.5. The molecule has 0 radical (unpaired) electrons. The Hall–Kier alpha value is -2.49. The van der Waals surface area contributed by atoms with E-state index in [4.69, 9.17) is 25.5 Å². The summed E-state index contributed by atoms with van der Waals surface area (Å²) in [5.74, 6) is -0.0697. The Morgan fingerprint density at radius 1 is 1.31 bits per heavy atom. The van der Waals surface area contributed by atoms with Gasteiger partial charge < -0.3 is 23.9 Å². The third-order valence-corrected chi connectivity index (χ3v) is 5.85. The van der Waals surface area contributed by atoms with Crippen molar-refractivity contribution in [1.29, 1.82) is 0 Å². The Balaban J connectivity index is 1.59. The van der Waals surface area contributed by atoms with Crippen molar-refractivity contribution in [2.24, 2.45) is 5.41 Å². The average molecular weight is 463 g/mol. The fraction of sp³-hybridized carbons (Fsp3) is 0.545. The Morgan fingerprint density at radius 3 is 2.66 bits per heavy atom. The van der Waals surface area contributed by atoms with Crippen LogP contribution in [0.3, 0.4) is 0 Å². The number of pyridine rings is 1. The highest BCUT2D eigenvalue weighted by Gasteiger charge is 2.37. The van der Waals surface area contributed by atoms with Gasteiger partial charge in [-0.15, -0.1) is 10.2 Å². The smallest absolute Gasteiger partial charge is 0.407 e. The van der Waals surface area contributed by atoms with Crippen LogP contribution in [-0.2, 0) is 9.47 Å². The molecular formula is C22H27ClN4O5. The predicted octanol–water partition coefficient (Wildman–Crippen LogP) is 4.79. The Kier molecular flexibility index (Phi) is 5.77. The van der Waals surface area contributed by atoms with Gasteiger partial charge in [-0.25, -0.2) is 4.79 Å². The van der Waals surface area contributed by atoms with E-state index >= 15 is 0 Å². The summed E-state index contributed by atoms with van der Waals surface area (Å²) in [6.07, 6.45) is 2.76. The van der Waals surface area contributed by atoms with Crippen LogP contribution in [0.4, 0.5) is 4.79 Å². The fourth-order valence-electron chi connectivity index (χ4n) is 3.95. The molecule has 0 spiro atoms. The van der Waals surface area contributed by atoms with Gasteiger partial charge in [0, 0.05) is 12.7 Å². The highest BCUT2D eigenvalue weighted by Crippen LogP contribution is 2.37. The van der Waals surface area contributed by atoms with E-state index in [0.717, 1.165) is 5.57 Å². The molecule has 0 aromatic carbocycles. The molecule has 172 valence electrons. The maximum Gasteiger partial charge on any atom is 0.407 e. The molecule has 0 aliphatic carbocycles. The summed E-state index contributed by atoms with van der Waals surface area (Å²) < 4.78 is 17.1. The van der Waals surface area contributed by atoms with Gasteiger partial charge in [0.25, 0.3) is 0 Å². The van der Waals surface area contributed by atoms with Crippen molar-refractivity contribution in [2.45, 2.75) is 59.0 Å². The van der Waals surface area contributed by atoms with Gasteiger partial charge in [-0.1, -0.05) is 38.4 Å². The second-order valence-corrected chi connectivity index (χ2v) is 9.95. The van der Waals surface area contributed by atoms with Gasteiger partial charge in [-0.05, 0) is 37.3 Å². The molecule has 9 nitrogen and oxygen atoms in total. The van der Waals surface area contributed by atoms with Crippen LogP contribution < -0.4 is 0 Å². The van der Waals surface area contributed by atoms with Crippen molar-refractivity contribution in [3.05, 3.63) is 34.9 Å². The van der Waals surface area contributed by atoms with E-state index in [1.54, 1.807) is 12.3 Å². The topological polar surface area (TPSA) is 111 Å². The number of hydrogen-bond acceptors (Lipinski definition) is 7. The summed E-state index contributed by atoms with van der Waals surface area (Å²) in [4.78, 5) is 17.7. The first-order chi connectivity index (χ1) is 14.9. The number of halogens is 1. The molecular weight excluding hydrogens is 436 g/mol. The quantitative estimate of drug-likeness (QED) is 0.692. The third kappa shape index (κ3) is 4.51. The molecule has 1 amide bonds. The molecule has 2 aliphatic rings. The lowest BCUT2D eigenvalue weighted by Gasteiger charge is -2.40. The molecule has 2 aromatic rings. The SMILES string of the molecule is CC1(C)OCC(c2nnc(-c3cnc(C4=CC(C(C)(C)C)N(C(=O)O)CC4)c(Cl)c3)o2)O1. The Morgan fingerprint density at radius 2 is 2.06 bits per heavy atom. The number of carbonyl (C=O) groups is 1. The molecule has 1 fully saturated rings. The van der Waals surface area contributed by atoms with Crippen LogP contribution in [0.1, 0.15) is 58.7 Å². The third-order valence-electron chi connectivity index (χ3n) is 5.57. The van der Waals surface area contributed by atoms with Crippen LogP contribution in [0, 0.1) is 5.41 Å². The minimum absolute atomic E-state index is 0.267. The second-order valence-electron chi connectivity index (χ2n) is 9.55. The Bertz CT molecular complexity index is 1060. The normalized spacial score (nSPS) is 23.3. The maximum absolute atomic E-state index is 11.7. The van der Waals surface area contributed by atoms with Gasteiger partial charge in [0.1, 0.15) is 0 Å². The molecule has 4 rings (SSSR count). The molecule has 2 atom stereocenters. The van der Waals surface area contributed by atoms with Crippen molar-refractivity contribution in [2.75, 3.05) is 13.2 Å². The maximum atomic E-state index is 11.7. The van der Waals surface area contributed by atoms with Crippen LogP contribution in [0.5, 0.6) is 0 Å². The van der Waals surface area contributed by atoms with E-state index in [1.165, 1.54) is 4.90 Å². The lowest BCUT2D eigenvalue weighted by Crippen LogP contribution is -2.48. The number of ether oxygens (including phenoxy) is 2. The predicted molar refractivity (Wildman–Crippen MR) is 117 cm³/mol. The molecule has 10 heteroatoms. The van der Waals surface area contributed by atoms with Crippen LogP contribution in [0.25, 0.3) is 17.0 Å². The first kappa shape index (κ1) is 22.7. The molecule has 2 aromatic heterocycles. The van der Waals surface area contributed by atoms with Gasteiger partial charge in [0.15, 0.2) is 11.9 Å². The zero-order valence-electron chi connectivity index (χ0n) is 18.8. The van der Waals surface area contributed by atoms with Crippen molar-refractivity contribution in [3.8, 4) is 11.5 Å². The number of hydrogen-bond donors (Lipinski definition) is 1. The molecule has 0 saturated carbocycles. The van der Waals surface area contributed by atoms with E-state index in [0.29, 0.717) is 41.7 Å². The molecule has 2 aliphatic heterocycles. The largest absolute Gasteiger partial charge is 0.465 e. The van der Waals surface area contributed by atoms with Gasteiger partial charge >= 0.3 is 6.09 Å². The number of carboxylic acid groups (broad SMARTS) is 1. The summed E-state index contributed by atoms with van der Waals surface area (Å²) in [5.41, 5.74) is 1.87. The summed E-state index contributed by atoms with van der Waals surface area (Å²) in [5, 5.41) is 18.2. The van der Waals surface area contributed by atoms with Crippen molar-refractivity contribution >= 4 is 23.3 Å². The lowest BCUT2D eigenvalue weighted by atomic mass is 9.82. The zero-order chi connectivity index (χ0) is 23.3. The van der Waals surface area contributed by atoms with Crippen LogP contribution in [0.2, 0.25) is 5.02 Å². The van der Waals surface area contributed by atoms with E-state index in [-0.39, 0.29) is 17.3 Å². The highest BCUT2D eigenvalue weighted by molar-refractivity contribution is 6.32. The van der Waals surface area contributed by atoms with Gasteiger partial charge in [-0.3, -0.25) is 4.98 Å². The first-order valence-corrected chi connectivity index (χ1v) is 10.8. The zero-order valence-corrected chi connectivity index (χ0v) is 19.5. The average Bonchev–Trinajstić information content (AvgIpc) is 3.33. The summed E-state index contributed by atoms with van der Waals surface area (Å²) in [6, 6.07) is 1.45. The molecule has 1 N–H and O–H groups in total. The van der Waals surface area contributed by atoms with Crippen LogP contribution in [0.15, 0.2) is 22.8 Å². The number of nitrogens with zero attached hydrogens (tertiary/aromatic N) is 4. The van der Waals surface area contributed by atoms with E-state index in [9.17, 15) is 9.90 Å². The number of rotatable bonds is 3. The monoisotopic (exact) mass is 462 g/mol. The lowest BCUT2D eigenvalue weighted by molar-refractivity contribution is -0.141. The van der Waals surface area contributed by atoms with Crippen molar-refractivity contribution in [1.82, 2.24) is 20.1 Å². The standard InChI is InChI=1S/C22H27ClN4O5/c1-21(2,3)16-9-12(6-7-27(16)20(28)29)17-14(23)8-13(10-24-17)18-25-26-19(31-18)15-11-30-22(4,5)32-15/h8-10,15-16H,6-7,11H2,1-5H3,(H,28,29). The second kappa shape index (κ2) is 8.13. The fourth-order valence-corrected chi connectivity index (χ4v) is 4.24. The minimum atomic E-state index is -0.929. The Labute approximate surface area is 191 Å². The first-order valence-electron chi connectivity index (χ1n) is 10.5. The molecule has 2 unspecified atom stereocenters. The molecule has 1 saturated heterocycles. The van der Waals surface area contributed by atoms with Crippen LogP contribution in [-0.4, -0.2) is 56.3 Å². The number of aromatic nitrogens is 3. The van der Waals surface area contributed by atoms with E-state index in [1.807, 2.05) is 40.7 Å². The minimum Gasteiger partial charge on any atom is -0.465 e. The van der Waals surface area contributed by atoms with E-state index in [2.05, 4.69) is 15.2 Å². The van der Waals surface area contributed by atoms with E-state index < -0.39 is 18.0 Å². The summed E-state index contributed by atoms with van der Waals surface area (Å²) in [6.45, 7) is 10.4. The van der Waals surface area contributed by atoms with Gasteiger partial charge in [-0.2, -0.15) is 0 Å². The summed E-state index contributed by atoms with van der Waals surface area (Å²) >= 11 is 6.58. The van der Waals surface area contributed by atoms with Gasteiger partial charge in [0.2, 0.25) is 11.8 Å². The molecule has 0 bridgehead atoms. The van der Waals surface area contributed by atoms with Gasteiger partial charge in [0.05, 0.1) is 28.9 Å². The van der Waals surface area contributed by atoms with Crippen molar-refractivity contribution < 1.29 is 23.8 Å².